The number of halogens is 1. The zero-order valence-electron chi connectivity index (χ0n) is 14.5. The highest BCUT2D eigenvalue weighted by Crippen LogP contribution is 2.24. The highest BCUT2D eigenvalue weighted by atomic mass is 35.5. The molecular weight excluding hydrogens is 316 g/mol. The highest BCUT2D eigenvalue weighted by molar-refractivity contribution is 6.31. The maximum Gasteiger partial charge on any atom is 0.0644 e. The molecule has 3 aromatic rings. The molecule has 0 amide bonds. The van der Waals surface area contributed by atoms with E-state index in [1.165, 1.54) is 22.6 Å². The second-order valence-corrected chi connectivity index (χ2v) is 6.60. The van der Waals surface area contributed by atoms with Gasteiger partial charge < -0.3 is 4.57 Å². The first-order chi connectivity index (χ1) is 11.5. The van der Waals surface area contributed by atoms with Crippen molar-refractivity contribution in [2.24, 2.45) is 4.99 Å². The number of nitrogens with zero attached hydrogens (tertiary/aromatic N) is 2. The van der Waals surface area contributed by atoms with E-state index >= 15 is 0 Å². The van der Waals surface area contributed by atoms with Crippen molar-refractivity contribution in [2.75, 3.05) is 0 Å². The van der Waals surface area contributed by atoms with Crippen LogP contribution in [0.3, 0.4) is 0 Å². The van der Waals surface area contributed by atoms with Crippen molar-refractivity contribution in [3.63, 3.8) is 0 Å². The Morgan fingerprint density at radius 1 is 0.958 bits per heavy atom. The van der Waals surface area contributed by atoms with Gasteiger partial charge in [0.25, 0.3) is 0 Å². The normalized spacial score (nSPS) is 11.4. The van der Waals surface area contributed by atoms with Crippen molar-refractivity contribution in [3.8, 4) is 5.69 Å². The molecule has 0 fully saturated rings. The zero-order chi connectivity index (χ0) is 17.3. The van der Waals surface area contributed by atoms with E-state index in [9.17, 15) is 0 Å². The molecule has 0 radical (unpaired) electrons. The summed E-state index contributed by atoms with van der Waals surface area (Å²) in [6.45, 7) is 8.35. The van der Waals surface area contributed by atoms with Crippen LogP contribution in [0.15, 0.2) is 53.5 Å². The summed E-state index contributed by atoms with van der Waals surface area (Å²) in [6, 6.07) is 16.6. The van der Waals surface area contributed by atoms with Crippen LogP contribution < -0.4 is 0 Å². The van der Waals surface area contributed by atoms with Gasteiger partial charge in [0.15, 0.2) is 0 Å². The van der Waals surface area contributed by atoms with Crippen molar-refractivity contribution in [2.45, 2.75) is 27.7 Å². The summed E-state index contributed by atoms with van der Waals surface area (Å²) in [6.07, 6.45) is 1.91. The average molecular weight is 337 g/mol. The van der Waals surface area contributed by atoms with Gasteiger partial charge >= 0.3 is 0 Å². The lowest BCUT2D eigenvalue weighted by Crippen LogP contribution is -1.99. The van der Waals surface area contributed by atoms with E-state index in [1.54, 1.807) is 0 Å². The summed E-state index contributed by atoms with van der Waals surface area (Å²) in [5.41, 5.74) is 7.86. The molecule has 0 atom stereocenters. The fourth-order valence-corrected chi connectivity index (χ4v) is 3.06. The largest absolute Gasteiger partial charge is 0.318 e. The molecule has 0 aliphatic carbocycles. The minimum atomic E-state index is 0.745. The van der Waals surface area contributed by atoms with Crippen LogP contribution in [0.4, 0.5) is 5.69 Å². The van der Waals surface area contributed by atoms with Gasteiger partial charge in [-0.15, -0.1) is 0 Å². The number of hydrogen-bond donors (Lipinski definition) is 0. The summed E-state index contributed by atoms with van der Waals surface area (Å²) in [7, 11) is 0. The Balaban J connectivity index is 1.97. The Morgan fingerprint density at radius 3 is 2.46 bits per heavy atom. The van der Waals surface area contributed by atoms with Gasteiger partial charge in [0, 0.05) is 33.9 Å². The molecule has 3 heteroatoms. The van der Waals surface area contributed by atoms with Gasteiger partial charge in [0.05, 0.1) is 5.69 Å². The molecule has 24 heavy (non-hydrogen) atoms. The second-order valence-electron chi connectivity index (χ2n) is 6.19. The van der Waals surface area contributed by atoms with Crippen LogP contribution in [0.1, 0.15) is 28.1 Å². The maximum atomic E-state index is 6.17. The predicted molar refractivity (Wildman–Crippen MR) is 103 cm³/mol. The second kappa shape index (κ2) is 6.66. The van der Waals surface area contributed by atoms with Crippen molar-refractivity contribution in [1.29, 1.82) is 0 Å². The Morgan fingerprint density at radius 2 is 1.75 bits per heavy atom. The Hall–Kier alpha value is -2.32. The lowest BCUT2D eigenvalue weighted by molar-refractivity contribution is 0.963. The highest BCUT2D eigenvalue weighted by Gasteiger charge is 2.09. The summed E-state index contributed by atoms with van der Waals surface area (Å²) in [4.78, 5) is 4.58. The van der Waals surface area contributed by atoms with Gasteiger partial charge in [0.2, 0.25) is 0 Å². The van der Waals surface area contributed by atoms with E-state index in [0.717, 1.165) is 21.8 Å². The number of aromatic nitrogens is 1. The molecule has 2 nitrogen and oxygen atoms in total. The fraction of sp³-hybridized carbons (Fsp3) is 0.190. The zero-order valence-corrected chi connectivity index (χ0v) is 15.2. The van der Waals surface area contributed by atoms with Crippen molar-refractivity contribution < 1.29 is 0 Å². The molecule has 0 saturated heterocycles. The monoisotopic (exact) mass is 336 g/mol. The van der Waals surface area contributed by atoms with Gasteiger partial charge in [-0.2, -0.15) is 0 Å². The van der Waals surface area contributed by atoms with Gasteiger partial charge in [-0.05, 0) is 69.2 Å². The van der Waals surface area contributed by atoms with Gasteiger partial charge in [0.1, 0.15) is 0 Å². The quantitative estimate of drug-likeness (QED) is 0.513. The summed E-state index contributed by atoms with van der Waals surface area (Å²) in [5, 5.41) is 0.745. The number of aliphatic imine (C=N–C) groups is 1. The van der Waals surface area contributed by atoms with E-state index in [1.807, 2.05) is 31.3 Å². The summed E-state index contributed by atoms with van der Waals surface area (Å²) in [5.74, 6) is 0. The lowest BCUT2D eigenvalue weighted by Gasteiger charge is -2.10. The average Bonchev–Trinajstić information content (AvgIpc) is 2.82. The van der Waals surface area contributed by atoms with Crippen LogP contribution in [-0.4, -0.2) is 10.8 Å². The van der Waals surface area contributed by atoms with Gasteiger partial charge in [-0.25, -0.2) is 0 Å². The van der Waals surface area contributed by atoms with Crippen LogP contribution in [0, 0.1) is 27.7 Å². The first kappa shape index (κ1) is 16.5. The first-order valence-electron chi connectivity index (χ1n) is 8.02. The van der Waals surface area contributed by atoms with Crippen molar-refractivity contribution in [3.05, 3.63) is 81.6 Å². The van der Waals surface area contributed by atoms with Crippen LogP contribution >= 0.6 is 11.6 Å². The minimum absolute atomic E-state index is 0.745. The maximum absolute atomic E-state index is 6.17. The van der Waals surface area contributed by atoms with E-state index < -0.39 is 0 Å². The summed E-state index contributed by atoms with van der Waals surface area (Å²) >= 11 is 6.17. The molecule has 0 N–H and O–H groups in total. The molecule has 0 aliphatic heterocycles. The summed E-state index contributed by atoms with van der Waals surface area (Å²) < 4.78 is 2.26. The van der Waals surface area contributed by atoms with Crippen LogP contribution in [0.5, 0.6) is 0 Å². The molecule has 0 bridgehead atoms. The predicted octanol–water partition coefficient (Wildman–Crippen LogP) is 6.11. The standard InChI is InChI=1S/C21H21ClN2/c1-14-6-5-7-20(10-14)24-16(3)11-18(17(24)4)13-23-19-9-8-15(2)21(22)12-19/h5-13H,1-4H3. The van der Waals surface area contributed by atoms with E-state index in [2.05, 4.69) is 60.7 Å². The molecule has 0 unspecified atom stereocenters. The molecule has 1 heterocycles. The number of hydrogen-bond acceptors (Lipinski definition) is 1. The molecule has 1 aromatic heterocycles. The van der Waals surface area contributed by atoms with Crippen molar-refractivity contribution >= 4 is 23.5 Å². The molecule has 3 rings (SSSR count). The van der Waals surface area contributed by atoms with Crippen LogP contribution in [0.2, 0.25) is 5.02 Å². The van der Waals surface area contributed by atoms with Gasteiger partial charge in [-0.3, -0.25) is 4.99 Å². The van der Waals surface area contributed by atoms with Gasteiger partial charge in [-0.1, -0.05) is 29.8 Å². The van der Waals surface area contributed by atoms with E-state index in [4.69, 9.17) is 11.6 Å². The van der Waals surface area contributed by atoms with E-state index in [-0.39, 0.29) is 0 Å². The topological polar surface area (TPSA) is 17.3 Å². The third-order valence-electron chi connectivity index (χ3n) is 4.24. The minimum Gasteiger partial charge on any atom is -0.318 e. The number of aryl methyl sites for hydroxylation is 3. The molecule has 0 spiro atoms. The Labute approximate surface area is 148 Å². The third kappa shape index (κ3) is 3.29. The molecular formula is C21H21ClN2. The third-order valence-corrected chi connectivity index (χ3v) is 4.65. The molecule has 0 saturated carbocycles. The SMILES string of the molecule is Cc1cccc(-n2c(C)cc(C=Nc3ccc(C)c(Cl)c3)c2C)c1. The number of benzene rings is 2. The number of rotatable bonds is 3. The van der Waals surface area contributed by atoms with Crippen LogP contribution in [0.25, 0.3) is 5.69 Å². The van der Waals surface area contributed by atoms with Crippen LogP contribution in [-0.2, 0) is 0 Å². The molecule has 122 valence electrons. The Kier molecular flexibility index (Phi) is 4.59. The lowest BCUT2D eigenvalue weighted by atomic mass is 10.2. The van der Waals surface area contributed by atoms with Crippen molar-refractivity contribution in [1.82, 2.24) is 4.57 Å². The van der Waals surface area contributed by atoms with E-state index in [0.29, 0.717) is 0 Å². The smallest absolute Gasteiger partial charge is 0.0644 e. The molecule has 0 aliphatic rings. The first-order valence-corrected chi connectivity index (χ1v) is 8.39. The fourth-order valence-electron chi connectivity index (χ4n) is 2.89. The Bertz CT molecular complexity index is 920. The molecule has 2 aromatic carbocycles.